The zero-order valence-electron chi connectivity index (χ0n) is 40.0. The van der Waals surface area contributed by atoms with Crippen LogP contribution < -0.4 is 20.5 Å². The first kappa shape index (κ1) is 56.4. The molecule has 0 radical (unpaired) electrons. The van der Waals surface area contributed by atoms with Crippen molar-refractivity contribution >= 4 is 91.4 Å². The van der Waals surface area contributed by atoms with Crippen LogP contribution >= 0.6 is 46.4 Å². The van der Waals surface area contributed by atoms with Crippen molar-refractivity contribution in [2.45, 2.75) is 95.3 Å². The molecule has 2 heterocycles. The molecule has 6 aromatic rings. The van der Waals surface area contributed by atoms with E-state index in [1.54, 1.807) is 84.9 Å². The van der Waals surface area contributed by atoms with Crippen molar-refractivity contribution in [2.75, 3.05) is 39.3 Å². The number of ether oxygens (including phenoxy) is 2. The summed E-state index contributed by atoms with van der Waals surface area (Å²) in [5.74, 6) is -2.49. The molecule has 0 bridgehead atoms. The van der Waals surface area contributed by atoms with Crippen molar-refractivity contribution in [2.24, 2.45) is 5.73 Å². The van der Waals surface area contributed by atoms with E-state index >= 15 is 0 Å². The molecule has 6 N–H and O–H groups in total. The summed E-state index contributed by atoms with van der Waals surface area (Å²) >= 11 is 24.5. The summed E-state index contributed by atoms with van der Waals surface area (Å²) in [5.41, 5.74) is 7.91. The van der Waals surface area contributed by atoms with Crippen LogP contribution in [0.3, 0.4) is 0 Å². The smallest absolute Gasteiger partial charge is 0.377 e. The van der Waals surface area contributed by atoms with Gasteiger partial charge >= 0.3 is 5.97 Å². The zero-order chi connectivity index (χ0) is 51.8. The van der Waals surface area contributed by atoms with Crippen LogP contribution in [0.15, 0.2) is 109 Å². The average molecular weight is 1090 g/mol. The number of carbonyl (C=O) groups excluding carboxylic acids is 3. The number of likely N-dealkylation sites (tertiary alicyclic amines) is 2. The van der Waals surface area contributed by atoms with Crippen molar-refractivity contribution in [3.63, 3.8) is 0 Å². The van der Waals surface area contributed by atoms with Gasteiger partial charge in [0.1, 0.15) is 17.6 Å². The number of aliphatic hydroxyl groups excluding tert-OH is 2. The van der Waals surface area contributed by atoms with E-state index in [2.05, 4.69) is 15.1 Å². The van der Waals surface area contributed by atoms with Gasteiger partial charge in [-0.1, -0.05) is 102 Å². The fourth-order valence-electron chi connectivity index (χ4n) is 8.84. The Bertz CT molecular complexity index is 2960. The molecular weight excluding hydrogens is 1030 g/mol. The molecule has 6 aromatic carbocycles. The van der Waals surface area contributed by atoms with Gasteiger partial charge < -0.3 is 45.6 Å². The van der Waals surface area contributed by atoms with E-state index in [9.17, 15) is 29.4 Å². The van der Waals surface area contributed by atoms with Crippen molar-refractivity contribution < 1.29 is 44.0 Å². The molecule has 2 aliphatic heterocycles. The summed E-state index contributed by atoms with van der Waals surface area (Å²) < 4.78 is 11.5. The second kappa shape index (κ2) is 26.0. The number of aliphatic carboxylic acids is 1. The molecule has 2 aliphatic carbocycles. The minimum absolute atomic E-state index is 0. The van der Waals surface area contributed by atoms with Crippen molar-refractivity contribution in [1.82, 2.24) is 15.1 Å². The number of carboxylic acids is 1. The second-order valence-electron chi connectivity index (χ2n) is 19.0. The number of nitrogens with two attached hydrogens (primary N) is 1. The highest BCUT2D eigenvalue weighted by molar-refractivity contribution is 6.43. The Morgan fingerprint density at radius 1 is 0.568 bits per heavy atom. The topological polar surface area (TPSA) is 192 Å². The van der Waals surface area contributed by atoms with Crippen LogP contribution in [-0.2, 0) is 9.59 Å². The third-order valence-corrected chi connectivity index (χ3v) is 14.2. The number of hydrogen-bond acceptors (Lipinski definition) is 11. The molecule has 17 heteroatoms. The molecule has 0 aromatic heterocycles. The van der Waals surface area contributed by atoms with E-state index < -0.39 is 41.7 Å². The quantitative estimate of drug-likeness (QED) is 0.0430. The van der Waals surface area contributed by atoms with Gasteiger partial charge in [0.05, 0.1) is 34.4 Å². The lowest BCUT2D eigenvalue weighted by Crippen LogP contribution is -2.48. The molecule has 4 fully saturated rings. The largest absolute Gasteiger partial charge is 0.489 e. The molecular formula is C57H62Cl4N4O9. The predicted molar refractivity (Wildman–Crippen MR) is 292 cm³/mol. The molecule has 4 aliphatic rings. The number of hydrogen-bond donors (Lipinski definition) is 5. The van der Waals surface area contributed by atoms with E-state index in [1.807, 2.05) is 18.2 Å². The van der Waals surface area contributed by atoms with Gasteiger partial charge in [-0.15, -0.1) is 0 Å². The molecule has 74 heavy (non-hydrogen) atoms. The number of fused-ring (bicyclic) bond motifs is 2. The van der Waals surface area contributed by atoms with Crippen LogP contribution in [0.2, 0.25) is 20.1 Å². The highest BCUT2D eigenvalue weighted by Crippen LogP contribution is 2.36. The molecule has 392 valence electrons. The van der Waals surface area contributed by atoms with Gasteiger partial charge in [-0.3, -0.25) is 14.4 Å². The summed E-state index contributed by atoms with van der Waals surface area (Å²) in [7, 11) is 0. The molecule has 4 atom stereocenters. The number of benzene rings is 6. The minimum Gasteiger partial charge on any atom is -0.489 e. The molecule has 13 nitrogen and oxygen atoms in total. The van der Waals surface area contributed by atoms with Gasteiger partial charge in [0.2, 0.25) is 5.78 Å². The average Bonchev–Trinajstić information content (AvgIpc) is 4.28. The van der Waals surface area contributed by atoms with Crippen molar-refractivity contribution in [1.29, 1.82) is 0 Å². The first-order valence-corrected chi connectivity index (χ1v) is 26.1. The Hall–Kier alpha value is -5.32. The van der Waals surface area contributed by atoms with Crippen molar-refractivity contribution in [3.05, 3.63) is 152 Å². The van der Waals surface area contributed by atoms with E-state index in [1.165, 1.54) is 18.9 Å². The lowest BCUT2D eigenvalue weighted by atomic mass is 10.00. The number of nitrogens with one attached hydrogen (secondary N) is 1. The maximum absolute atomic E-state index is 13.0. The summed E-state index contributed by atoms with van der Waals surface area (Å²) in [4.78, 5) is 52.3. The van der Waals surface area contributed by atoms with Gasteiger partial charge in [-0.2, -0.15) is 0 Å². The number of carboxylic acid groups (broad SMARTS) is 1. The Morgan fingerprint density at radius 3 is 1.43 bits per heavy atom. The van der Waals surface area contributed by atoms with Crippen LogP contribution in [0.5, 0.6) is 11.5 Å². The highest BCUT2D eigenvalue weighted by atomic mass is 35.5. The molecule has 0 spiro atoms. The molecule has 2 saturated heterocycles. The number of rotatable bonds is 17. The maximum Gasteiger partial charge on any atom is 0.377 e. The molecule has 1 unspecified atom stereocenters. The lowest BCUT2D eigenvalue weighted by Gasteiger charge is -2.28. The first-order chi connectivity index (χ1) is 35.1. The molecule has 10 rings (SSSR count). The fourth-order valence-corrected chi connectivity index (χ4v) is 9.67. The monoisotopic (exact) mass is 1090 g/mol. The maximum atomic E-state index is 13.0. The highest BCUT2D eigenvalue weighted by Gasteiger charge is 2.31. The Balaban J connectivity index is 0.000000178. The second-order valence-corrected chi connectivity index (χ2v) is 20.7. The number of ketones is 2. The van der Waals surface area contributed by atoms with E-state index in [0.29, 0.717) is 49.8 Å². The Kier molecular flexibility index (Phi) is 19.8. The van der Waals surface area contributed by atoms with Gasteiger partial charge in [0.15, 0.2) is 0 Å². The summed E-state index contributed by atoms with van der Waals surface area (Å²) in [6.45, 7) is 5.07. The number of amides is 1. The van der Waals surface area contributed by atoms with Crippen molar-refractivity contribution in [3.8, 4) is 11.5 Å². The summed E-state index contributed by atoms with van der Waals surface area (Å²) in [6, 6.07) is 30.0. The molecule has 2 saturated carbocycles. The van der Waals surface area contributed by atoms with Crippen LogP contribution in [0.1, 0.15) is 103 Å². The van der Waals surface area contributed by atoms with E-state index in [4.69, 9.17) is 66.7 Å². The first-order valence-electron chi connectivity index (χ1n) is 24.6. The number of nitrogens with zero attached hydrogens (tertiary/aromatic N) is 2. The minimum atomic E-state index is -1.45. The standard InChI is InChI=1S/C28H28Cl2N2O4.C16H23ClN2O2.C12H7ClO3.CH4/c29-21-7-5-17-13-19(4-3-18(17)14-21)27(34)28(35)31-24(16-32-11-1-2-12-32)26(33)20-6-10-25(23(30)15-20)36-22-8-9-22;17-13-9-11(3-6-15(13)21-12-4-5-12)16(20)14(18)10-19-7-1-2-8-19;13-10-4-3-7-5-9(11(14)12(15)16)2-1-8(7)6-10;/h3-7,10,13-15,22,24,26,33H,1-2,8-9,11-12,16H2,(H,31,35);3,6,9,12,14,16,20H,1-2,4-5,7-8,10,18H2;1-6H,(H,15,16);1H4/t24-,26-;14-,16?;;/m11../s1. The lowest BCUT2D eigenvalue weighted by molar-refractivity contribution is -0.131. The Morgan fingerprint density at radius 2 is 0.986 bits per heavy atom. The summed E-state index contributed by atoms with van der Waals surface area (Å²) in [6.07, 6.45) is 7.59. The van der Waals surface area contributed by atoms with Gasteiger partial charge in [-0.05, 0) is 171 Å². The van der Waals surface area contributed by atoms with Crippen LogP contribution in [0.25, 0.3) is 21.5 Å². The fraction of sp³-hybridized carbons (Fsp3) is 0.368. The SMILES string of the molecule is C.N[C@H](CN1CCCC1)C(O)c1ccc(OC2CC2)c(Cl)c1.O=C(N[C@H](CN1CCCC1)[C@H](O)c1ccc(OC2CC2)c(Cl)c1)C(=O)c1ccc2cc(Cl)ccc2c1.O=C(O)C(=O)c1ccc2cc(Cl)ccc2c1. The summed E-state index contributed by atoms with van der Waals surface area (Å²) in [5, 5.41) is 38.6. The zero-order valence-corrected chi connectivity index (χ0v) is 43.1. The number of aliphatic hydroxyl groups is 2. The normalized spacial score (nSPS) is 17.1. The Labute approximate surface area is 451 Å². The van der Waals surface area contributed by atoms with E-state index in [0.717, 1.165) is 98.4 Å². The number of carbonyl (C=O) groups is 4. The van der Waals surface area contributed by atoms with Crippen LogP contribution in [0.4, 0.5) is 0 Å². The number of halogens is 4. The van der Waals surface area contributed by atoms with Gasteiger partial charge in [0.25, 0.3) is 11.7 Å². The van der Waals surface area contributed by atoms with Crippen LogP contribution in [-0.4, -0.2) is 112 Å². The van der Waals surface area contributed by atoms with Gasteiger partial charge in [-0.25, -0.2) is 4.79 Å². The molecule has 1 amide bonds. The van der Waals surface area contributed by atoms with Crippen LogP contribution in [0, 0.1) is 0 Å². The number of Topliss-reactive ketones (excluding diaryl/α,β-unsaturated/α-hetero) is 2. The third kappa shape index (κ3) is 15.4. The van der Waals surface area contributed by atoms with E-state index in [-0.39, 0.29) is 30.7 Å². The predicted octanol–water partition coefficient (Wildman–Crippen LogP) is 10.9. The third-order valence-electron chi connectivity index (χ3n) is 13.2. The van der Waals surface area contributed by atoms with Gasteiger partial charge in [0, 0.05) is 40.3 Å².